The van der Waals surface area contributed by atoms with Gasteiger partial charge in [0.2, 0.25) is 5.91 Å². The molecular formula is C15H24N2O2. The van der Waals surface area contributed by atoms with Gasteiger partial charge in [0.05, 0.1) is 13.2 Å². The summed E-state index contributed by atoms with van der Waals surface area (Å²) in [4.78, 5) is 11.6. The first-order valence-corrected chi connectivity index (χ1v) is 6.79. The van der Waals surface area contributed by atoms with E-state index in [1.54, 1.807) is 7.11 Å². The molecule has 19 heavy (non-hydrogen) atoms. The topological polar surface area (TPSA) is 50.4 Å². The molecule has 0 fully saturated rings. The number of nitrogens with one attached hydrogen (secondary N) is 2. The van der Waals surface area contributed by atoms with Gasteiger partial charge in [0.25, 0.3) is 0 Å². The van der Waals surface area contributed by atoms with Crippen molar-refractivity contribution in [2.75, 3.05) is 33.4 Å². The first-order valence-electron chi connectivity index (χ1n) is 6.79. The van der Waals surface area contributed by atoms with E-state index in [0.29, 0.717) is 32.2 Å². The van der Waals surface area contributed by atoms with E-state index in [-0.39, 0.29) is 5.91 Å². The van der Waals surface area contributed by atoms with Crippen LogP contribution in [0.4, 0.5) is 0 Å². The number of methoxy groups -OCH3 is 1. The number of benzene rings is 1. The minimum atomic E-state index is 0.0329. The minimum Gasteiger partial charge on any atom is -0.383 e. The Labute approximate surface area is 115 Å². The first kappa shape index (κ1) is 15.7. The average Bonchev–Trinajstić information content (AvgIpc) is 2.45. The summed E-state index contributed by atoms with van der Waals surface area (Å²) in [5.41, 5.74) is 1.28. The number of carbonyl (C=O) groups is 1. The maximum atomic E-state index is 11.6. The summed E-state index contributed by atoms with van der Waals surface area (Å²) in [6, 6.07) is 10.3. The molecule has 1 aromatic carbocycles. The summed E-state index contributed by atoms with van der Waals surface area (Å²) < 4.78 is 4.90. The second-order valence-corrected chi connectivity index (χ2v) is 4.49. The zero-order valence-electron chi connectivity index (χ0n) is 11.8. The molecule has 1 unspecified atom stereocenters. The van der Waals surface area contributed by atoms with Gasteiger partial charge in [0.1, 0.15) is 0 Å². The Kier molecular flexibility index (Phi) is 7.86. The fraction of sp³-hybridized carbons (Fsp3) is 0.533. The third-order valence-corrected chi connectivity index (χ3v) is 3.08. The molecule has 1 aromatic rings. The molecule has 0 bridgehead atoms. The highest BCUT2D eigenvalue weighted by Crippen LogP contribution is 2.17. The van der Waals surface area contributed by atoms with E-state index >= 15 is 0 Å². The van der Waals surface area contributed by atoms with Crippen LogP contribution >= 0.6 is 0 Å². The number of ether oxygens (including phenoxy) is 1. The average molecular weight is 264 g/mol. The summed E-state index contributed by atoms with van der Waals surface area (Å²) in [6.45, 7) is 4.48. The van der Waals surface area contributed by atoms with E-state index < -0.39 is 0 Å². The Bertz CT molecular complexity index is 354. The molecule has 0 heterocycles. The second kappa shape index (κ2) is 9.53. The summed E-state index contributed by atoms with van der Waals surface area (Å²) in [6.07, 6.45) is 1.02. The Balaban J connectivity index is 2.28. The molecule has 0 saturated heterocycles. The standard InChI is InChI=1S/C15H24N2O2/c1-3-13(14-7-5-4-6-8-14)11-17-15(18)12-16-9-10-19-2/h4-8,13,16H,3,9-12H2,1-2H3,(H,17,18). The van der Waals surface area contributed by atoms with Gasteiger partial charge in [-0.3, -0.25) is 4.79 Å². The molecule has 1 rings (SSSR count). The highest BCUT2D eigenvalue weighted by Gasteiger charge is 2.10. The molecule has 0 aliphatic rings. The predicted octanol–water partition coefficient (Wildman–Crippen LogP) is 1.53. The van der Waals surface area contributed by atoms with Crippen LogP contribution in [0, 0.1) is 0 Å². The minimum absolute atomic E-state index is 0.0329. The van der Waals surface area contributed by atoms with Crippen LogP contribution in [0.3, 0.4) is 0 Å². The summed E-state index contributed by atoms with van der Waals surface area (Å²) >= 11 is 0. The molecule has 0 aliphatic heterocycles. The lowest BCUT2D eigenvalue weighted by atomic mass is 9.96. The second-order valence-electron chi connectivity index (χ2n) is 4.49. The van der Waals surface area contributed by atoms with E-state index in [4.69, 9.17) is 4.74 Å². The molecule has 2 N–H and O–H groups in total. The van der Waals surface area contributed by atoms with Gasteiger partial charge < -0.3 is 15.4 Å². The van der Waals surface area contributed by atoms with Crippen molar-refractivity contribution in [2.24, 2.45) is 0 Å². The van der Waals surface area contributed by atoms with E-state index in [9.17, 15) is 4.79 Å². The highest BCUT2D eigenvalue weighted by molar-refractivity contribution is 5.78. The van der Waals surface area contributed by atoms with E-state index in [1.165, 1.54) is 5.56 Å². The molecule has 0 aromatic heterocycles. The van der Waals surface area contributed by atoms with Gasteiger partial charge in [0, 0.05) is 26.1 Å². The highest BCUT2D eigenvalue weighted by atomic mass is 16.5. The van der Waals surface area contributed by atoms with Crippen LogP contribution in [0.1, 0.15) is 24.8 Å². The predicted molar refractivity (Wildman–Crippen MR) is 77.2 cm³/mol. The van der Waals surface area contributed by atoms with Crippen molar-refractivity contribution in [1.82, 2.24) is 10.6 Å². The lowest BCUT2D eigenvalue weighted by Gasteiger charge is -2.16. The van der Waals surface area contributed by atoms with Gasteiger partial charge in [-0.25, -0.2) is 0 Å². The maximum Gasteiger partial charge on any atom is 0.233 e. The Morgan fingerprint density at radius 3 is 2.68 bits per heavy atom. The van der Waals surface area contributed by atoms with Crippen LogP contribution in [0.2, 0.25) is 0 Å². The fourth-order valence-corrected chi connectivity index (χ4v) is 1.90. The first-order chi connectivity index (χ1) is 9.27. The third kappa shape index (κ3) is 6.36. The normalized spacial score (nSPS) is 12.1. The van der Waals surface area contributed by atoms with Crippen molar-refractivity contribution in [3.63, 3.8) is 0 Å². The van der Waals surface area contributed by atoms with Crippen molar-refractivity contribution < 1.29 is 9.53 Å². The quantitative estimate of drug-likeness (QED) is 0.665. The molecule has 4 heteroatoms. The summed E-state index contributed by atoms with van der Waals surface area (Å²) in [5, 5.41) is 6.00. The number of hydrogen-bond acceptors (Lipinski definition) is 3. The molecule has 106 valence electrons. The molecular weight excluding hydrogens is 240 g/mol. The SMILES string of the molecule is CCC(CNC(=O)CNCCOC)c1ccccc1. The largest absolute Gasteiger partial charge is 0.383 e. The van der Waals surface area contributed by atoms with Crippen LogP contribution in [0.25, 0.3) is 0 Å². The van der Waals surface area contributed by atoms with E-state index in [2.05, 4.69) is 29.7 Å². The van der Waals surface area contributed by atoms with Crippen molar-refractivity contribution in [2.45, 2.75) is 19.3 Å². The molecule has 0 saturated carbocycles. The van der Waals surface area contributed by atoms with Crippen LogP contribution in [0.5, 0.6) is 0 Å². The van der Waals surface area contributed by atoms with Crippen LogP contribution in [-0.2, 0) is 9.53 Å². The van der Waals surface area contributed by atoms with Gasteiger partial charge in [0.15, 0.2) is 0 Å². The summed E-state index contributed by atoms with van der Waals surface area (Å²) in [7, 11) is 1.65. The van der Waals surface area contributed by atoms with Crippen molar-refractivity contribution in [1.29, 1.82) is 0 Å². The van der Waals surface area contributed by atoms with Crippen molar-refractivity contribution in [3.8, 4) is 0 Å². The van der Waals surface area contributed by atoms with E-state index in [0.717, 1.165) is 6.42 Å². The number of carbonyl (C=O) groups excluding carboxylic acids is 1. The van der Waals surface area contributed by atoms with Crippen LogP contribution in [-0.4, -0.2) is 39.3 Å². The smallest absolute Gasteiger partial charge is 0.233 e. The third-order valence-electron chi connectivity index (χ3n) is 3.08. The summed E-state index contributed by atoms with van der Waals surface area (Å²) in [5.74, 6) is 0.412. The molecule has 1 atom stereocenters. The number of amides is 1. The lowest BCUT2D eigenvalue weighted by molar-refractivity contribution is -0.120. The molecule has 0 aliphatic carbocycles. The van der Waals surface area contributed by atoms with Gasteiger partial charge in [-0.1, -0.05) is 37.3 Å². The zero-order valence-corrected chi connectivity index (χ0v) is 11.8. The van der Waals surface area contributed by atoms with Crippen molar-refractivity contribution in [3.05, 3.63) is 35.9 Å². The molecule has 1 amide bonds. The van der Waals surface area contributed by atoms with Gasteiger partial charge in [-0.05, 0) is 12.0 Å². The van der Waals surface area contributed by atoms with Gasteiger partial charge in [-0.2, -0.15) is 0 Å². The van der Waals surface area contributed by atoms with E-state index in [1.807, 2.05) is 18.2 Å². The van der Waals surface area contributed by atoms with Gasteiger partial charge >= 0.3 is 0 Å². The zero-order chi connectivity index (χ0) is 13.9. The number of hydrogen-bond donors (Lipinski definition) is 2. The van der Waals surface area contributed by atoms with Crippen LogP contribution in [0.15, 0.2) is 30.3 Å². The molecule has 0 spiro atoms. The Morgan fingerprint density at radius 1 is 1.32 bits per heavy atom. The monoisotopic (exact) mass is 264 g/mol. The molecule has 0 radical (unpaired) electrons. The fourth-order valence-electron chi connectivity index (χ4n) is 1.90. The van der Waals surface area contributed by atoms with Crippen LogP contribution < -0.4 is 10.6 Å². The number of rotatable bonds is 9. The lowest BCUT2D eigenvalue weighted by Crippen LogP contribution is -2.37. The van der Waals surface area contributed by atoms with Gasteiger partial charge in [-0.15, -0.1) is 0 Å². The van der Waals surface area contributed by atoms with Crippen molar-refractivity contribution >= 4 is 5.91 Å². The molecule has 4 nitrogen and oxygen atoms in total. The Morgan fingerprint density at radius 2 is 2.05 bits per heavy atom. The Hall–Kier alpha value is -1.39. The maximum absolute atomic E-state index is 11.6.